The zero-order valence-electron chi connectivity index (χ0n) is 9.30. The maximum atomic E-state index is 11.4. The summed E-state index contributed by atoms with van der Waals surface area (Å²) in [7, 11) is 3.35. The third-order valence-corrected chi connectivity index (χ3v) is 1.88. The first-order chi connectivity index (χ1) is 7.52. The molecular formula is C10H14N4O2. The van der Waals surface area contributed by atoms with E-state index in [1.54, 1.807) is 20.3 Å². The van der Waals surface area contributed by atoms with Crippen LogP contribution >= 0.6 is 0 Å². The van der Waals surface area contributed by atoms with Gasteiger partial charge in [0.15, 0.2) is 0 Å². The molecule has 6 heteroatoms. The first-order valence-electron chi connectivity index (χ1n) is 4.69. The highest BCUT2D eigenvalue weighted by atomic mass is 16.2. The van der Waals surface area contributed by atoms with Crippen LogP contribution in [0.15, 0.2) is 25.0 Å². The maximum Gasteiger partial charge on any atom is 0.247 e. The Bertz CT molecular complexity index is 409. The molecule has 0 atom stereocenters. The molecule has 0 aliphatic carbocycles. The Balaban J connectivity index is 2.61. The van der Waals surface area contributed by atoms with E-state index in [1.807, 2.05) is 0 Å². The molecule has 6 nitrogen and oxygen atoms in total. The second kappa shape index (κ2) is 5.11. The van der Waals surface area contributed by atoms with Gasteiger partial charge >= 0.3 is 0 Å². The Hall–Kier alpha value is -2.11. The van der Waals surface area contributed by atoms with E-state index < -0.39 is 0 Å². The lowest BCUT2D eigenvalue weighted by Crippen LogP contribution is -2.26. The summed E-state index contributed by atoms with van der Waals surface area (Å²) in [5.74, 6) is -0.372. The molecule has 0 radical (unpaired) electrons. The van der Waals surface area contributed by atoms with E-state index in [0.717, 1.165) is 0 Å². The lowest BCUT2D eigenvalue weighted by atomic mass is 10.5. The molecule has 0 bridgehead atoms. The zero-order chi connectivity index (χ0) is 12.1. The topological polar surface area (TPSA) is 67.2 Å². The van der Waals surface area contributed by atoms with Gasteiger partial charge in [0.05, 0.1) is 11.9 Å². The van der Waals surface area contributed by atoms with Gasteiger partial charge in [-0.1, -0.05) is 6.58 Å². The summed E-state index contributed by atoms with van der Waals surface area (Å²) in [5, 5.41) is 6.50. The van der Waals surface area contributed by atoms with Crippen LogP contribution in [0.25, 0.3) is 0 Å². The van der Waals surface area contributed by atoms with Crippen LogP contribution in [0.4, 0.5) is 5.69 Å². The molecule has 0 unspecified atom stereocenters. The molecule has 1 N–H and O–H groups in total. The molecule has 0 spiro atoms. The van der Waals surface area contributed by atoms with Gasteiger partial charge < -0.3 is 10.2 Å². The number of aromatic nitrogens is 2. The van der Waals surface area contributed by atoms with Crippen LogP contribution in [0, 0.1) is 0 Å². The van der Waals surface area contributed by atoms with Crippen LogP contribution < -0.4 is 5.32 Å². The summed E-state index contributed by atoms with van der Waals surface area (Å²) in [6, 6.07) is 0. The first-order valence-corrected chi connectivity index (χ1v) is 4.69. The molecule has 16 heavy (non-hydrogen) atoms. The highest BCUT2D eigenvalue weighted by Gasteiger charge is 2.07. The van der Waals surface area contributed by atoms with Crippen LogP contribution in [0.1, 0.15) is 0 Å². The third-order valence-electron chi connectivity index (χ3n) is 1.88. The van der Waals surface area contributed by atoms with E-state index in [0.29, 0.717) is 5.69 Å². The number of carbonyl (C=O) groups is 2. The summed E-state index contributed by atoms with van der Waals surface area (Å²) >= 11 is 0. The van der Waals surface area contributed by atoms with E-state index in [9.17, 15) is 9.59 Å². The lowest BCUT2D eigenvalue weighted by molar-refractivity contribution is -0.129. The number of rotatable bonds is 4. The average Bonchev–Trinajstić information content (AvgIpc) is 2.65. The van der Waals surface area contributed by atoms with Crippen LogP contribution in [0.5, 0.6) is 0 Å². The minimum Gasteiger partial charge on any atom is -0.347 e. The minimum atomic E-state index is -0.307. The van der Waals surface area contributed by atoms with Gasteiger partial charge in [-0.2, -0.15) is 5.10 Å². The lowest BCUT2D eigenvalue weighted by Gasteiger charge is -2.09. The predicted molar refractivity (Wildman–Crippen MR) is 59.7 cm³/mol. The smallest absolute Gasteiger partial charge is 0.247 e. The molecule has 1 aromatic rings. The number of hydrogen-bond donors (Lipinski definition) is 1. The van der Waals surface area contributed by atoms with Crippen molar-refractivity contribution in [2.75, 3.05) is 19.4 Å². The fourth-order valence-corrected chi connectivity index (χ4v) is 0.988. The highest BCUT2D eigenvalue weighted by Crippen LogP contribution is 2.04. The Labute approximate surface area is 93.5 Å². The quantitative estimate of drug-likeness (QED) is 0.734. The van der Waals surface area contributed by atoms with E-state index >= 15 is 0 Å². The van der Waals surface area contributed by atoms with Crippen molar-refractivity contribution in [2.24, 2.45) is 0 Å². The SMILES string of the molecule is C=CC(=O)Nc1cnn(CC(=O)N(C)C)c1. The molecule has 0 aliphatic rings. The molecule has 1 aromatic heterocycles. The zero-order valence-corrected chi connectivity index (χ0v) is 9.30. The minimum absolute atomic E-state index is 0.0651. The molecule has 0 saturated carbocycles. The van der Waals surface area contributed by atoms with Gasteiger partial charge in [-0.15, -0.1) is 0 Å². The largest absolute Gasteiger partial charge is 0.347 e. The Morgan fingerprint density at radius 1 is 1.62 bits per heavy atom. The monoisotopic (exact) mass is 222 g/mol. The van der Waals surface area contributed by atoms with Crippen LogP contribution in [0.2, 0.25) is 0 Å². The van der Waals surface area contributed by atoms with Crippen LogP contribution in [-0.4, -0.2) is 40.6 Å². The molecule has 1 heterocycles. The van der Waals surface area contributed by atoms with Crippen molar-refractivity contribution in [2.45, 2.75) is 6.54 Å². The predicted octanol–water partition coefficient (Wildman–Crippen LogP) is 0.0958. The van der Waals surface area contributed by atoms with Crippen LogP contribution in [-0.2, 0) is 16.1 Å². The van der Waals surface area contributed by atoms with Crippen molar-refractivity contribution in [3.05, 3.63) is 25.0 Å². The standard InChI is InChI=1S/C10H14N4O2/c1-4-9(15)12-8-5-11-14(6-8)7-10(16)13(2)3/h4-6H,1,7H2,2-3H3,(H,12,15). The van der Waals surface area contributed by atoms with Gasteiger partial charge in [0.25, 0.3) is 0 Å². The summed E-state index contributed by atoms with van der Waals surface area (Å²) in [4.78, 5) is 23.8. The Morgan fingerprint density at radius 3 is 2.88 bits per heavy atom. The van der Waals surface area contributed by atoms with Crippen LogP contribution in [0.3, 0.4) is 0 Å². The van der Waals surface area contributed by atoms with Crippen molar-refractivity contribution >= 4 is 17.5 Å². The molecule has 86 valence electrons. The number of nitrogens with one attached hydrogen (secondary N) is 1. The number of hydrogen-bond acceptors (Lipinski definition) is 3. The number of likely N-dealkylation sites (N-methyl/N-ethyl adjacent to an activating group) is 1. The fourth-order valence-electron chi connectivity index (χ4n) is 0.988. The van der Waals surface area contributed by atoms with Gasteiger partial charge in [0.2, 0.25) is 11.8 Å². The summed E-state index contributed by atoms with van der Waals surface area (Å²) in [6.45, 7) is 3.48. The fraction of sp³-hybridized carbons (Fsp3) is 0.300. The number of anilines is 1. The van der Waals surface area contributed by atoms with Crippen molar-refractivity contribution < 1.29 is 9.59 Å². The molecule has 0 fully saturated rings. The first kappa shape index (κ1) is 12.0. The van der Waals surface area contributed by atoms with Gasteiger partial charge in [0.1, 0.15) is 6.54 Å². The summed E-state index contributed by atoms with van der Waals surface area (Å²) in [6.07, 6.45) is 4.23. The molecule has 1 rings (SSSR count). The molecule has 0 aliphatic heterocycles. The van der Waals surface area contributed by atoms with E-state index in [4.69, 9.17) is 0 Å². The molecule has 2 amide bonds. The molecule has 0 saturated heterocycles. The Kier molecular flexibility index (Phi) is 3.82. The number of carbonyl (C=O) groups excluding carboxylic acids is 2. The van der Waals surface area contributed by atoms with Crippen molar-refractivity contribution in [1.29, 1.82) is 0 Å². The van der Waals surface area contributed by atoms with Crippen molar-refractivity contribution in [3.8, 4) is 0 Å². The van der Waals surface area contributed by atoms with Gasteiger partial charge in [-0.05, 0) is 6.08 Å². The second-order valence-corrected chi connectivity index (χ2v) is 3.41. The third kappa shape index (κ3) is 3.23. The van der Waals surface area contributed by atoms with E-state index in [1.165, 1.54) is 21.9 Å². The summed E-state index contributed by atoms with van der Waals surface area (Å²) in [5.41, 5.74) is 0.538. The number of amides is 2. The average molecular weight is 222 g/mol. The summed E-state index contributed by atoms with van der Waals surface area (Å²) < 4.78 is 1.46. The molecule has 0 aromatic carbocycles. The van der Waals surface area contributed by atoms with Gasteiger partial charge in [0, 0.05) is 20.3 Å². The second-order valence-electron chi connectivity index (χ2n) is 3.41. The molecular weight excluding hydrogens is 208 g/mol. The maximum absolute atomic E-state index is 11.4. The highest BCUT2D eigenvalue weighted by molar-refractivity contribution is 5.98. The number of nitrogens with zero attached hydrogens (tertiary/aromatic N) is 3. The van der Waals surface area contributed by atoms with Crippen molar-refractivity contribution in [1.82, 2.24) is 14.7 Å². The van der Waals surface area contributed by atoms with E-state index in [-0.39, 0.29) is 18.4 Å². The van der Waals surface area contributed by atoms with Gasteiger partial charge in [-0.25, -0.2) is 0 Å². The van der Waals surface area contributed by atoms with Crippen molar-refractivity contribution in [3.63, 3.8) is 0 Å². The Morgan fingerprint density at radius 2 is 2.31 bits per heavy atom. The van der Waals surface area contributed by atoms with Gasteiger partial charge in [-0.3, -0.25) is 14.3 Å². The van der Waals surface area contributed by atoms with E-state index in [2.05, 4.69) is 17.0 Å². The normalized spacial score (nSPS) is 9.62.